The molecule has 8 nitrogen and oxygen atoms in total. The van der Waals surface area contributed by atoms with Crippen LogP contribution in [0.1, 0.15) is 19.3 Å². The van der Waals surface area contributed by atoms with E-state index in [1.807, 2.05) is 6.26 Å². The zero-order chi connectivity index (χ0) is 22.3. The number of rotatable bonds is 9. The second kappa shape index (κ2) is 11.1. The summed E-state index contributed by atoms with van der Waals surface area (Å²) < 4.78 is 27.0. The van der Waals surface area contributed by atoms with Crippen molar-refractivity contribution >= 4 is 50.1 Å². The zero-order valence-corrected chi connectivity index (χ0v) is 19.6. The Balaban J connectivity index is 1.57. The van der Waals surface area contributed by atoms with Crippen molar-refractivity contribution in [2.45, 2.75) is 30.2 Å². The summed E-state index contributed by atoms with van der Waals surface area (Å²) in [6.45, 7) is 0.548. The highest BCUT2D eigenvalue weighted by atomic mass is 32.2. The molecule has 1 saturated heterocycles. The summed E-state index contributed by atoms with van der Waals surface area (Å²) in [5.74, 6) is -0.102. The molecule has 2 amide bonds. The van der Waals surface area contributed by atoms with Crippen molar-refractivity contribution in [3.8, 4) is 0 Å². The fourth-order valence-electron chi connectivity index (χ4n) is 3.37. The maximum Gasteiger partial charge on any atom is 0.248 e. The van der Waals surface area contributed by atoms with E-state index in [9.17, 15) is 18.0 Å². The molecule has 0 unspecified atom stereocenters. The molecule has 2 heterocycles. The lowest BCUT2D eigenvalue weighted by Gasteiger charge is -2.31. The molecule has 168 valence electrons. The minimum absolute atomic E-state index is 0.211. The van der Waals surface area contributed by atoms with Crippen LogP contribution in [0.2, 0.25) is 0 Å². The third kappa shape index (κ3) is 6.28. The van der Waals surface area contributed by atoms with Crippen molar-refractivity contribution in [3.05, 3.63) is 41.9 Å². The van der Waals surface area contributed by atoms with E-state index in [1.54, 1.807) is 53.7 Å². The third-order valence-electron chi connectivity index (χ3n) is 5.11. The quantitative estimate of drug-likeness (QED) is 0.568. The molecule has 1 fully saturated rings. The van der Waals surface area contributed by atoms with Crippen LogP contribution in [0, 0.1) is 5.92 Å². The molecule has 0 radical (unpaired) electrons. The van der Waals surface area contributed by atoms with Crippen LogP contribution in [0.5, 0.6) is 0 Å². The van der Waals surface area contributed by atoms with Crippen molar-refractivity contribution in [3.63, 3.8) is 0 Å². The van der Waals surface area contributed by atoms with E-state index in [2.05, 4.69) is 15.6 Å². The molecular formula is C20H26N4O4S3. The monoisotopic (exact) mass is 482 g/mol. The highest BCUT2D eigenvalue weighted by Crippen LogP contribution is 2.24. The van der Waals surface area contributed by atoms with Gasteiger partial charge in [0.1, 0.15) is 6.04 Å². The van der Waals surface area contributed by atoms with Gasteiger partial charge in [0.2, 0.25) is 21.8 Å². The number of thiazole rings is 1. The standard InChI is InChI=1S/C20H26N4O4S3/c1-29-13-9-17(19(26)23-20-21-10-14-30-20)22-18(25)15-7-11-24(12-8-15)31(27,28)16-5-3-2-4-6-16/h2-6,10,14-15,17H,7-9,11-13H2,1H3,(H,22,25)(H,21,23,26)/t17-/m0/s1. The highest BCUT2D eigenvalue weighted by Gasteiger charge is 2.33. The second-order valence-electron chi connectivity index (χ2n) is 7.16. The summed E-state index contributed by atoms with van der Waals surface area (Å²) in [6.07, 6.45) is 4.89. The molecule has 1 aromatic carbocycles. The third-order valence-corrected chi connectivity index (χ3v) is 8.36. The van der Waals surface area contributed by atoms with Gasteiger partial charge in [0, 0.05) is 30.6 Å². The summed E-state index contributed by atoms with van der Waals surface area (Å²) in [5.41, 5.74) is 0. The Morgan fingerprint density at radius 1 is 1.26 bits per heavy atom. The number of anilines is 1. The summed E-state index contributed by atoms with van der Waals surface area (Å²) in [7, 11) is -3.56. The number of hydrogen-bond acceptors (Lipinski definition) is 7. The Labute approximate surface area is 190 Å². The lowest BCUT2D eigenvalue weighted by Crippen LogP contribution is -2.49. The van der Waals surface area contributed by atoms with Gasteiger partial charge in [0.25, 0.3) is 0 Å². The van der Waals surface area contributed by atoms with E-state index in [1.165, 1.54) is 15.6 Å². The van der Waals surface area contributed by atoms with Gasteiger partial charge in [-0.1, -0.05) is 18.2 Å². The van der Waals surface area contributed by atoms with E-state index < -0.39 is 16.1 Å². The Kier molecular flexibility index (Phi) is 8.47. The van der Waals surface area contributed by atoms with Crippen LogP contribution in [0.25, 0.3) is 0 Å². The molecule has 31 heavy (non-hydrogen) atoms. The minimum Gasteiger partial charge on any atom is -0.344 e. The number of benzene rings is 1. The van der Waals surface area contributed by atoms with E-state index in [0.29, 0.717) is 24.4 Å². The number of piperidine rings is 1. The van der Waals surface area contributed by atoms with Gasteiger partial charge in [-0.3, -0.25) is 9.59 Å². The first-order chi connectivity index (χ1) is 14.9. The van der Waals surface area contributed by atoms with E-state index in [-0.39, 0.29) is 35.7 Å². The van der Waals surface area contributed by atoms with Crippen LogP contribution in [0.15, 0.2) is 46.8 Å². The summed E-state index contributed by atoms with van der Waals surface area (Å²) >= 11 is 2.92. The normalized spacial score (nSPS) is 16.5. The zero-order valence-electron chi connectivity index (χ0n) is 17.2. The SMILES string of the molecule is CSCC[C@H](NC(=O)C1CCN(S(=O)(=O)c2ccccc2)CC1)C(=O)Nc1nccs1. The first-order valence-corrected chi connectivity index (χ1v) is 13.7. The average Bonchev–Trinajstić information content (AvgIpc) is 3.30. The molecule has 0 bridgehead atoms. The molecule has 1 atom stereocenters. The maximum atomic E-state index is 12.8. The first kappa shape index (κ1) is 23.7. The predicted octanol–water partition coefficient (Wildman–Crippen LogP) is 2.42. The van der Waals surface area contributed by atoms with E-state index in [0.717, 1.165) is 5.75 Å². The highest BCUT2D eigenvalue weighted by molar-refractivity contribution is 7.98. The first-order valence-electron chi connectivity index (χ1n) is 9.96. The number of hydrogen-bond donors (Lipinski definition) is 2. The second-order valence-corrected chi connectivity index (χ2v) is 11.0. The summed E-state index contributed by atoms with van der Waals surface area (Å²) in [4.78, 5) is 29.8. The fraction of sp³-hybridized carbons (Fsp3) is 0.450. The molecule has 2 aromatic rings. The number of amides is 2. The Morgan fingerprint density at radius 2 is 1.97 bits per heavy atom. The van der Waals surface area contributed by atoms with Crippen LogP contribution in [-0.2, 0) is 19.6 Å². The van der Waals surface area contributed by atoms with Crippen LogP contribution in [0.3, 0.4) is 0 Å². The summed E-state index contributed by atoms with van der Waals surface area (Å²) in [6, 6.07) is 7.65. The smallest absolute Gasteiger partial charge is 0.248 e. The molecule has 0 aliphatic carbocycles. The predicted molar refractivity (Wildman–Crippen MR) is 124 cm³/mol. The number of carbonyl (C=O) groups excluding carboxylic acids is 2. The van der Waals surface area contributed by atoms with Crippen molar-refractivity contribution in [1.29, 1.82) is 0 Å². The number of thioether (sulfide) groups is 1. The summed E-state index contributed by atoms with van der Waals surface area (Å²) in [5, 5.41) is 7.86. The number of nitrogens with zero attached hydrogens (tertiary/aromatic N) is 2. The van der Waals surface area contributed by atoms with Crippen molar-refractivity contribution in [2.75, 3.05) is 30.4 Å². The Morgan fingerprint density at radius 3 is 2.58 bits per heavy atom. The van der Waals surface area contributed by atoms with Gasteiger partial charge in [-0.25, -0.2) is 13.4 Å². The van der Waals surface area contributed by atoms with Gasteiger partial charge in [-0.2, -0.15) is 16.1 Å². The molecule has 0 spiro atoms. The molecule has 11 heteroatoms. The maximum absolute atomic E-state index is 12.8. The van der Waals surface area contributed by atoms with E-state index in [4.69, 9.17) is 0 Å². The van der Waals surface area contributed by atoms with Crippen LogP contribution < -0.4 is 10.6 Å². The van der Waals surface area contributed by atoms with Crippen LogP contribution >= 0.6 is 23.1 Å². The number of nitrogens with one attached hydrogen (secondary N) is 2. The Hall–Kier alpha value is -1.95. The number of sulfonamides is 1. The van der Waals surface area contributed by atoms with Gasteiger partial charge in [0.05, 0.1) is 4.90 Å². The van der Waals surface area contributed by atoms with Gasteiger partial charge < -0.3 is 10.6 Å². The molecule has 1 aliphatic rings. The molecule has 2 N–H and O–H groups in total. The average molecular weight is 483 g/mol. The molecular weight excluding hydrogens is 456 g/mol. The van der Waals surface area contributed by atoms with Crippen molar-refractivity contribution in [1.82, 2.24) is 14.6 Å². The lowest BCUT2D eigenvalue weighted by molar-refractivity contribution is -0.130. The molecule has 0 saturated carbocycles. The van der Waals surface area contributed by atoms with Gasteiger partial charge >= 0.3 is 0 Å². The van der Waals surface area contributed by atoms with Gasteiger partial charge in [-0.05, 0) is 43.4 Å². The molecule has 1 aliphatic heterocycles. The van der Waals surface area contributed by atoms with Crippen LogP contribution in [0.4, 0.5) is 5.13 Å². The fourth-order valence-corrected chi connectivity index (χ4v) is 5.87. The topological polar surface area (TPSA) is 108 Å². The molecule has 3 rings (SSSR count). The van der Waals surface area contributed by atoms with Gasteiger partial charge in [-0.15, -0.1) is 11.3 Å². The number of carbonyl (C=O) groups is 2. The van der Waals surface area contributed by atoms with Crippen molar-refractivity contribution < 1.29 is 18.0 Å². The largest absolute Gasteiger partial charge is 0.344 e. The van der Waals surface area contributed by atoms with Gasteiger partial charge in [0.15, 0.2) is 5.13 Å². The molecule has 1 aromatic heterocycles. The van der Waals surface area contributed by atoms with Crippen molar-refractivity contribution in [2.24, 2.45) is 5.92 Å². The van der Waals surface area contributed by atoms with E-state index >= 15 is 0 Å². The minimum atomic E-state index is -3.56. The van der Waals surface area contributed by atoms with Crippen LogP contribution in [-0.4, -0.2) is 60.7 Å². The Bertz CT molecular complexity index is 960. The lowest BCUT2D eigenvalue weighted by atomic mass is 9.96. The number of aromatic nitrogens is 1.